The van der Waals surface area contributed by atoms with Gasteiger partial charge in [0.15, 0.2) is 6.04 Å². The number of rotatable bonds is 4. The molecule has 10 heteroatoms. The second kappa shape index (κ2) is 6.29. The molecule has 1 aliphatic rings. The van der Waals surface area contributed by atoms with Gasteiger partial charge in [0, 0.05) is 12.2 Å². The average molecular weight is 352 g/mol. The summed E-state index contributed by atoms with van der Waals surface area (Å²) in [5.74, 6) is -5.95. The van der Waals surface area contributed by atoms with Crippen molar-refractivity contribution in [3.63, 3.8) is 0 Å². The Morgan fingerprint density at radius 2 is 2.23 bits per heavy atom. The van der Waals surface area contributed by atoms with Gasteiger partial charge < -0.3 is 5.11 Å². The SMILES string of the molecule is O=C(O)C1CC(c2cccs2)=NN1C(=O)C(CS)C(F)(F)F. The van der Waals surface area contributed by atoms with Crippen LogP contribution in [-0.4, -0.2) is 45.7 Å². The Balaban J connectivity index is 2.33. The number of aliphatic carboxylic acids is 1. The highest BCUT2D eigenvalue weighted by Crippen LogP contribution is 2.32. The van der Waals surface area contributed by atoms with E-state index in [1.165, 1.54) is 11.3 Å². The van der Waals surface area contributed by atoms with Gasteiger partial charge >= 0.3 is 12.1 Å². The molecular weight excluding hydrogens is 341 g/mol. The Morgan fingerprint density at radius 1 is 1.55 bits per heavy atom. The van der Waals surface area contributed by atoms with Gasteiger partial charge in [-0.3, -0.25) is 4.79 Å². The standard InChI is InChI=1S/C12H11F3N2O3S2/c13-12(14,15)6(5-21)10(18)17-8(11(19)20)4-7(16-17)9-2-1-3-22-9/h1-3,6,8,21H,4-5H2,(H,19,20). The van der Waals surface area contributed by atoms with E-state index >= 15 is 0 Å². The molecule has 5 nitrogen and oxygen atoms in total. The number of carbonyl (C=O) groups excluding carboxylic acids is 1. The lowest BCUT2D eigenvalue weighted by Crippen LogP contribution is -2.46. The maximum absolute atomic E-state index is 12.8. The van der Waals surface area contributed by atoms with E-state index in [2.05, 4.69) is 17.7 Å². The number of carboxylic acids is 1. The molecule has 2 rings (SSSR count). The summed E-state index contributed by atoms with van der Waals surface area (Å²) < 4.78 is 38.5. The zero-order valence-electron chi connectivity index (χ0n) is 10.9. The first-order valence-corrected chi connectivity index (χ1v) is 7.61. The van der Waals surface area contributed by atoms with Crippen LogP contribution in [0.15, 0.2) is 22.6 Å². The van der Waals surface area contributed by atoms with E-state index < -0.39 is 35.8 Å². The Labute approximate surface area is 132 Å². The van der Waals surface area contributed by atoms with Crippen LogP contribution in [0.25, 0.3) is 0 Å². The number of thiol groups is 1. The van der Waals surface area contributed by atoms with Gasteiger partial charge in [0.1, 0.15) is 5.92 Å². The van der Waals surface area contributed by atoms with Crippen LogP contribution in [-0.2, 0) is 9.59 Å². The quantitative estimate of drug-likeness (QED) is 0.817. The predicted octanol–water partition coefficient (Wildman–Crippen LogP) is 2.25. The highest BCUT2D eigenvalue weighted by Gasteiger charge is 2.49. The van der Waals surface area contributed by atoms with E-state index in [0.717, 1.165) is 0 Å². The first-order chi connectivity index (χ1) is 10.3. The summed E-state index contributed by atoms with van der Waals surface area (Å²) in [5.41, 5.74) is 0.288. The van der Waals surface area contributed by atoms with Gasteiger partial charge in [0.2, 0.25) is 0 Å². The number of alkyl halides is 3. The predicted molar refractivity (Wildman–Crippen MR) is 77.1 cm³/mol. The van der Waals surface area contributed by atoms with Crippen molar-refractivity contribution in [2.45, 2.75) is 18.6 Å². The maximum atomic E-state index is 12.8. The summed E-state index contributed by atoms with van der Waals surface area (Å²) in [6.07, 6.45) is -4.93. The molecule has 0 bridgehead atoms. The summed E-state index contributed by atoms with van der Waals surface area (Å²) in [7, 11) is 0. The van der Waals surface area contributed by atoms with E-state index in [1.807, 2.05) is 0 Å². The summed E-state index contributed by atoms with van der Waals surface area (Å²) in [6, 6.07) is 1.93. The Bertz CT molecular complexity index is 601. The van der Waals surface area contributed by atoms with E-state index in [9.17, 15) is 22.8 Å². The van der Waals surface area contributed by atoms with Crippen LogP contribution in [0, 0.1) is 5.92 Å². The number of thiophene rings is 1. The fourth-order valence-corrected chi connectivity index (χ4v) is 3.06. The number of halogens is 3. The van der Waals surface area contributed by atoms with Crippen molar-refractivity contribution >= 4 is 41.6 Å². The van der Waals surface area contributed by atoms with Gasteiger partial charge in [0.05, 0.1) is 10.6 Å². The van der Waals surface area contributed by atoms with Gasteiger partial charge in [-0.25, -0.2) is 9.80 Å². The Hall–Kier alpha value is -1.55. The second-order valence-corrected chi connectivity index (χ2v) is 5.85. The van der Waals surface area contributed by atoms with Crippen LogP contribution >= 0.6 is 24.0 Å². The van der Waals surface area contributed by atoms with Crippen molar-refractivity contribution < 1.29 is 27.9 Å². The molecule has 1 amide bonds. The maximum Gasteiger partial charge on any atom is 0.401 e. The van der Waals surface area contributed by atoms with Crippen LogP contribution in [0.2, 0.25) is 0 Å². The van der Waals surface area contributed by atoms with Crippen molar-refractivity contribution in [3.8, 4) is 0 Å². The number of hydrogen-bond acceptors (Lipinski definition) is 5. The minimum atomic E-state index is -4.80. The lowest BCUT2D eigenvalue weighted by atomic mass is 10.1. The van der Waals surface area contributed by atoms with Gasteiger partial charge in [-0.2, -0.15) is 30.9 Å². The van der Waals surface area contributed by atoms with E-state index in [1.54, 1.807) is 17.5 Å². The lowest BCUT2D eigenvalue weighted by Gasteiger charge is -2.24. The molecule has 1 aromatic rings. The highest BCUT2D eigenvalue weighted by molar-refractivity contribution is 7.80. The molecule has 0 aliphatic carbocycles. The largest absolute Gasteiger partial charge is 0.480 e. The molecule has 2 atom stereocenters. The molecule has 0 saturated carbocycles. The van der Waals surface area contributed by atoms with Gasteiger partial charge in [-0.15, -0.1) is 11.3 Å². The Morgan fingerprint density at radius 3 is 2.68 bits per heavy atom. The molecule has 1 aliphatic heterocycles. The molecule has 0 saturated heterocycles. The second-order valence-electron chi connectivity index (χ2n) is 4.54. The zero-order valence-corrected chi connectivity index (χ0v) is 12.7. The monoisotopic (exact) mass is 352 g/mol. The molecule has 0 fully saturated rings. The third kappa shape index (κ3) is 3.27. The van der Waals surface area contributed by atoms with E-state index in [4.69, 9.17) is 5.11 Å². The molecule has 0 radical (unpaired) electrons. The molecule has 1 N–H and O–H groups in total. The highest BCUT2D eigenvalue weighted by atomic mass is 32.1. The van der Waals surface area contributed by atoms with Crippen LogP contribution in [0.1, 0.15) is 11.3 Å². The molecule has 2 unspecified atom stereocenters. The van der Waals surface area contributed by atoms with Gasteiger partial charge in [-0.1, -0.05) is 6.07 Å². The summed E-state index contributed by atoms with van der Waals surface area (Å²) >= 11 is 4.81. The molecule has 120 valence electrons. The van der Waals surface area contributed by atoms with Crippen LogP contribution in [0.3, 0.4) is 0 Å². The van der Waals surface area contributed by atoms with Crippen molar-refractivity contribution in [3.05, 3.63) is 22.4 Å². The number of nitrogens with zero attached hydrogens (tertiary/aromatic N) is 2. The van der Waals surface area contributed by atoms with Crippen molar-refractivity contribution in [2.24, 2.45) is 11.0 Å². The number of carbonyl (C=O) groups is 2. The number of amides is 1. The summed E-state index contributed by atoms with van der Waals surface area (Å²) in [6.45, 7) is 0. The molecule has 0 spiro atoms. The van der Waals surface area contributed by atoms with Crippen LogP contribution in [0.5, 0.6) is 0 Å². The van der Waals surface area contributed by atoms with E-state index in [-0.39, 0.29) is 12.1 Å². The van der Waals surface area contributed by atoms with Crippen LogP contribution < -0.4 is 0 Å². The first-order valence-electron chi connectivity index (χ1n) is 6.10. The fourth-order valence-electron chi connectivity index (χ4n) is 1.98. The zero-order chi connectivity index (χ0) is 16.5. The smallest absolute Gasteiger partial charge is 0.401 e. The minimum Gasteiger partial charge on any atom is -0.480 e. The normalized spacial score (nSPS) is 19.9. The number of carboxylic acid groups (broad SMARTS) is 1. The number of hydrazone groups is 1. The minimum absolute atomic E-state index is 0.126. The van der Waals surface area contributed by atoms with Crippen molar-refractivity contribution in [2.75, 3.05) is 5.75 Å². The molecule has 1 aromatic heterocycles. The first kappa shape index (κ1) is 16.8. The summed E-state index contributed by atoms with van der Waals surface area (Å²) in [4.78, 5) is 23.9. The van der Waals surface area contributed by atoms with E-state index in [0.29, 0.717) is 9.89 Å². The van der Waals surface area contributed by atoms with Crippen LogP contribution in [0.4, 0.5) is 13.2 Å². The molecule has 2 heterocycles. The van der Waals surface area contributed by atoms with Crippen molar-refractivity contribution in [1.29, 1.82) is 0 Å². The average Bonchev–Trinajstić information content (AvgIpc) is 3.06. The molecule has 22 heavy (non-hydrogen) atoms. The lowest BCUT2D eigenvalue weighted by molar-refractivity contribution is -0.186. The van der Waals surface area contributed by atoms with Crippen molar-refractivity contribution in [1.82, 2.24) is 5.01 Å². The van der Waals surface area contributed by atoms with Gasteiger partial charge in [0.25, 0.3) is 5.91 Å². The molecular formula is C12H11F3N2O3S2. The third-order valence-corrected chi connectivity index (χ3v) is 4.39. The fraction of sp³-hybridized carbons (Fsp3) is 0.417. The summed E-state index contributed by atoms with van der Waals surface area (Å²) in [5, 5.41) is 15.1. The third-order valence-electron chi connectivity index (χ3n) is 3.10. The Kier molecular flexibility index (Phi) is 4.81. The number of hydrogen-bond donors (Lipinski definition) is 2. The topological polar surface area (TPSA) is 70.0 Å². The van der Waals surface area contributed by atoms with Gasteiger partial charge in [-0.05, 0) is 11.4 Å². The molecule has 0 aromatic carbocycles.